The van der Waals surface area contributed by atoms with E-state index in [9.17, 15) is 14.4 Å². The molecule has 0 bridgehead atoms. The van der Waals surface area contributed by atoms with Gasteiger partial charge in [0, 0.05) is 23.3 Å². The van der Waals surface area contributed by atoms with Gasteiger partial charge in [0.05, 0.1) is 25.0 Å². The van der Waals surface area contributed by atoms with Crippen molar-refractivity contribution in [2.45, 2.75) is 16.5 Å². The number of ether oxygens (including phenoxy) is 1. The number of esters is 1. The van der Waals surface area contributed by atoms with Gasteiger partial charge in [-0.05, 0) is 12.1 Å². The van der Waals surface area contributed by atoms with Gasteiger partial charge in [-0.25, -0.2) is 4.98 Å². The first kappa shape index (κ1) is 20.1. The fourth-order valence-electron chi connectivity index (χ4n) is 1.92. The first-order valence-corrected chi connectivity index (χ1v) is 9.78. The Bertz CT molecular complexity index is 796. The molecular formula is C17H19N3O4S2. The van der Waals surface area contributed by atoms with Crippen molar-refractivity contribution in [2.75, 3.05) is 25.2 Å². The van der Waals surface area contributed by atoms with Crippen LogP contribution in [0, 0.1) is 0 Å². The number of methoxy groups -OCH3 is 1. The molecule has 7 nitrogen and oxygen atoms in total. The van der Waals surface area contributed by atoms with E-state index in [0.717, 1.165) is 22.4 Å². The molecule has 9 heteroatoms. The van der Waals surface area contributed by atoms with E-state index in [1.54, 1.807) is 11.8 Å². The predicted octanol–water partition coefficient (Wildman–Crippen LogP) is 1.49. The van der Waals surface area contributed by atoms with Crippen LogP contribution < -0.4 is 10.9 Å². The van der Waals surface area contributed by atoms with Gasteiger partial charge in [0.2, 0.25) is 5.91 Å². The average molecular weight is 393 g/mol. The molecule has 0 aliphatic carbocycles. The molecule has 0 radical (unpaired) electrons. The summed E-state index contributed by atoms with van der Waals surface area (Å²) in [6.45, 7) is 0.547. The summed E-state index contributed by atoms with van der Waals surface area (Å²) in [4.78, 5) is 42.6. The van der Waals surface area contributed by atoms with Gasteiger partial charge in [0.25, 0.3) is 5.56 Å². The molecule has 0 aliphatic rings. The van der Waals surface area contributed by atoms with Crippen LogP contribution in [0.15, 0.2) is 51.2 Å². The monoisotopic (exact) mass is 393 g/mol. The molecule has 0 saturated carbocycles. The lowest BCUT2D eigenvalue weighted by Gasteiger charge is -2.06. The molecule has 0 spiro atoms. The molecule has 0 fully saturated rings. The van der Waals surface area contributed by atoms with Gasteiger partial charge in [-0.3, -0.25) is 14.4 Å². The summed E-state index contributed by atoms with van der Waals surface area (Å²) in [6, 6.07) is 11.2. The lowest BCUT2D eigenvalue weighted by Crippen LogP contribution is -2.27. The number of carbonyl (C=O) groups is 2. The van der Waals surface area contributed by atoms with E-state index >= 15 is 0 Å². The number of aromatic nitrogens is 2. The second-order valence-corrected chi connectivity index (χ2v) is 7.23. The summed E-state index contributed by atoms with van der Waals surface area (Å²) in [5.74, 6) is 0.266. The first-order chi connectivity index (χ1) is 12.6. The van der Waals surface area contributed by atoms with Gasteiger partial charge in [-0.1, -0.05) is 30.0 Å². The molecule has 0 unspecified atom stereocenters. The summed E-state index contributed by atoms with van der Waals surface area (Å²) < 4.78 is 4.55. The summed E-state index contributed by atoms with van der Waals surface area (Å²) in [5.41, 5.74) is -0.0659. The lowest BCUT2D eigenvalue weighted by atomic mass is 10.3. The molecule has 2 N–H and O–H groups in total. The Hall–Kier alpha value is -2.26. The average Bonchev–Trinajstić information content (AvgIpc) is 2.64. The highest BCUT2D eigenvalue weighted by Crippen LogP contribution is 2.16. The SMILES string of the molecule is COC(=O)Cc1cc(=O)[nH]c(SCC(=O)NCCSc2ccccc2)n1. The van der Waals surface area contributed by atoms with Crippen molar-refractivity contribution in [3.8, 4) is 0 Å². The van der Waals surface area contributed by atoms with Crippen LogP contribution in [0.4, 0.5) is 0 Å². The minimum absolute atomic E-state index is 0.0864. The number of thioether (sulfide) groups is 2. The number of aromatic amines is 1. The standard InChI is InChI=1S/C17H19N3O4S2/c1-24-16(23)10-12-9-14(21)20-17(19-12)26-11-15(22)18-7-8-25-13-5-3-2-4-6-13/h2-6,9H,7-8,10-11H2,1H3,(H,18,22)(H,19,20,21). The molecule has 0 saturated heterocycles. The predicted molar refractivity (Wildman–Crippen MR) is 101 cm³/mol. The van der Waals surface area contributed by atoms with Crippen LogP contribution in [-0.2, 0) is 20.7 Å². The maximum absolute atomic E-state index is 11.9. The topological polar surface area (TPSA) is 101 Å². The third-order valence-electron chi connectivity index (χ3n) is 3.10. The summed E-state index contributed by atoms with van der Waals surface area (Å²) in [6.07, 6.45) is -0.0864. The van der Waals surface area contributed by atoms with Crippen LogP contribution in [-0.4, -0.2) is 47.0 Å². The van der Waals surface area contributed by atoms with E-state index in [0.29, 0.717) is 17.4 Å². The molecule has 2 aromatic rings. The second-order valence-electron chi connectivity index (χ2n) is 5.09. The molecule has 1 heterocycles. The fraction of sp³-hybridized carbons (Fsp3) is 0.294. The molecular weight excluding hydrogens is 374 g/mol. The lowest BCUT2D eigenvalue weighted by molar-refractivity contribution is -0.139. The first-order valence-electron chi connectivity index (χ1n) is 7.81. The highest BCUT2D eigenvalue weighted by atomic mass is 32.2. The molecule has 138 valence electrons. The van der Waals surface area contributed by atoms with Gasteiger partial charge in [-0.15, -0.1) is 11.8 Å². The van der Waals surface area contributed by atoms with Crippen molar-refractivity contribution >= 4 is 35.4 Å². The minimum atomic E-state index is -0.479. The van der Waals surface area contributed by atoms with E-state index in [2.05, 4.69) is 20.0 Å². The van der Waals surface area contributed by atoms with Gasteiger partial charge in [0.15, 0.2) is 5.16 Å². The van der Waals surface area contributed by atoms with E-state index in [-0.39, 0.29) is 23.6 Å². The number of hydrogen-bond donors (Lipinski definition) is 2. The maximum atomic E-state index is 11.9. The van der Waals surface area contributed by atoms with Crippen molar-refractivity contribution in [3.63, 3.8) is 0 Å². The molecule has 1 aromatic carbocycles. The number of benzene rings is 1. The number of nitrogens with zero attached hydrogens (tertiary/aromatic N) is 1. The molecule has 1 aromatic heterocycles. The van der Waals surface area contributed by atoms with Crippen LogP contribution in [0.5, 0.6) is 0 Å². The van der Waals surface area contributed by atoms with Crippen LogP contribution >= 0.6 is 23.5 Å². The number of rotatable bonds is 9. The number of hydrogen-bond acceptors (Lipinski definition) is 7. The number of nitrogens with one attached hydrogen (secondary N) is 2. The van der Waals surface area contributed by atoms with Crippen LogP contribution in [0.1, 0.15) is 5.69 Å². The Labute approximate surface area is 159 Å². The molecule has 2 rings (SSSR count). The Kier molecular flexibility index (Phi) is 8.23. The highest BCUT2D eigenvalue weighted by molar-refractivity contribution is 7.99. The summed E-state index contributed by atoms with van der Waals surface area (Å²) >= 11 is 2.77. The molecule has 0 aliphatic heterocycles. The van der Waals surface area contributed by atoms with Gasteiger partial charge >= 0.3 is 5.97 Å². The van der Waals surface area contributed by atoms with Crippen LogP contribution in [0.25, 0.3) is 0 Å². The van der Waals surface area contributed by atoms with Gasteiger partial charge in [-0.2, -0.15) is 0 Å². The van der Waals surface area contributed by atoms with Crippen molar-refractivity contribution in [2.24, 2.45) is 0 Å². The van der Waals surface area contributed by atoms with Crippen molar-refractivity contribution in [1.29, 1.82) is 0 Å². The normalized spacial score (nSPS) is 10.3. The Morgan fingerprint density at radius 3 is 2.73 bits per heavy atom. The number of H-pyrrole nitrogens is 1. The third kappa shape index (κ3) is 7.32. The van der Waals surface area contributed by atoms with Crippen LogP contribution in [0.2, 0.25) is 0 Å². The fourth-order valence-corrected chi connectivity index (χ4v) is 3.44. The largest absolute Gasteiger partial charge is 0.469 e. The van der Waals surface area contributed by atoms with E-state index in [4.69, 9.17) is 0 Å². The molecule has 0 atom stereocenters. The Morgan fingerprint density at radius 2 is 2.00 bits per heavy atom. The van der Waals surface area contributed by atoms with Gasteiger partial charge < -0.3 is 15.0 Å². The van der Waals surface area contributed by atoms with Crippen molar-refractivity contribution < 1.29 is 14.3 Å². The van der Waals surface area contributed by atoms with E-state index < -0.39 is 5.97 Å². The minimum Gasteiger partial charge on any atom is -0.469 e. The van der Waals surface area contributed by atoms with Crippen molar-refractivity contribution in [1.82, 2.24) is 15.3 Å². The zero-order chi connectivity index (χ0) is 18.8. The van der Waals surface area contributed by atoms with E-state index in [1.165, 1.54) is 13.2 Å². The quantitative estimate of drug-likeness (QED) is 0.288. The number of carbonyl (C=O) groups excluding carboxylic acids is 2. The Balaban J connectivity index is 1.74. The highest BCUT2D eigenvalue weighted by Gasteiger charge is 2.09. The molecule has 26 heavy (non-hydrogen) atoms. The Morgan fingerprint density at radius 1 is 1.23 bits per heavy atom. The van der Waals surface area contributed by atoms with Crippen LogP contribution in [0.3, 0.4) is 0 Å². The third-order valence-corrected chi connectivity index (χ3v) is 4.99. The summed E-state index contributed by atoms with van der Waals surface area (Å²) in [5, 5.41) is 3.12. The second kappa shape index (κ2) is 10.7. The maximum Gasteiger partial charge on any atom is 0.311 e. The zero-order valence-corrected chi connectivity index (χ0v) is 15.8. The van der Waals surface area contributed by atoms with Crippen molar-refractivity contribution in [3.05, 3.63) is 52.4 Å². The number of amides is 1. The van der Waals surface area contributed by atoms with Gasteiger partial charge in [0.1, 0.15) is 0 Å². The smallest absolute Gasteiger partial charge is 0.311 e. The van der Waals surface area contributed by atoms with E-state index in [1.807, 2.05) is 30.3 Å². The zero-order valence-electron chi connectivity index (χ0n) is 14.2. The molecule has 1 amide bonds. The summed E-state index contributed by atoms with van der Waals surface area (Å²) in [7, 11) is 1.27.